The van der Waals surface area contributed by atoms with E-state index in [2.05, 4.69) is 126 Å². The van der Waals surface area contributed by atoms with Crippen LogP contribution < -0.4 is 4.90 Å². The Balaban J connectivity index is 0.000000166. The van der Waals surface area contributed by atoms with E-state index in [0.717, 1.165) is 17.7 Å². The lowest BCUT2D eigenvalue weighted by Crippen LogP contribution is -2.37. The Morgan fingerprint density at radius 1 is 0.510 bits per heavy atom. The zero-order chi connectivity index (χ0) is 35.7. The topological polar surface area (TPSA) is 41.9 Å². The van der Waals surface area contributed by atoms with Gasteiger partial charge in [-0.25, -0.2) is 4.98 Å². The summed E-state index contributed by atoms with van der Waals surface area (Å²) in [6, 6.07) is 14.0. The highest BCUT2D eigenvalue weighted by Crippen LogP contribution is 2.31. The predicted octanol–water partition coefficient (Wildman–Crippen LogP) is 12.0. The molecule has 0 unspecified atom stereocenters. The number of anilines is 1. The van der Waals surface area contributed by atoms with Crippen LogP contribution in [0.2, 0.25) is 0 Å². The summed E-state index contributed by atoms with van der Waals surface area (Å²) in [7, 11) is 2.17. The Morgan fingerprint density at radius 2 is 0.898 bits per heavy atom. The van der Waals surface area contributed by atoms with Gasteiger partial charge in [0.05, 0.1) is 0 Å². The van der Waals surface area contributed by atoms with Gasteiger partial charge in [-0.05, 0) is 113 Å². The lowest BCUT2D eigenvalue weighted by Gasteiger charge is -2.36. The van der Waals surface area contributed by atoms with Crippen molar-refractivity contribution in [2.45, 2.75) is 174 Å². The highest BCUT2D eigenvalue weighted by molar-refractivity contribution is 5.43. The first kappa shape index (κ1) is 39.0. The lowest BCUT2D eigenvalue weighted by atomic mass is 9.84. The second-order valence-electron chi connectivity index (χ2n) is 18.5. The molecule has 4 nitrogen and oxygen atoms in total. The highest BCUT2D eigenvalue weighted by Gasteiger charge is 2.24. The Morgan fingerprint density at radius 3 is 1.29 bits per heavy atom. The minimum atomic E-state index is 0.206. The third-order valence-corrected chi connectivity index (χ3v) is 11.2. The van der Waals surface area contributed by atoms with E-state index >= 15 is 0 Å². The van der Waals surface area contributed by atoms with E-state index in [1.165, 1.54) is 118 Å². The monoisotopic (exact) mass is 667 g/mol. The van der Waals surface area contributed by atoms with Crippen LogP contribution in [-0.2, 0) is 29.1 Å². The number of rotatable bonds is 6. The number of pyridine rings is 3. The highest BCUT2D eigenvalue weighted by atomic mass is 15.2. The maximum atomic E-state index is 4.55. The first-order valence-corrected chi connectivity index (χ1v) is 19.7. The smallest absolute Gasteiger partial charge is 0.128 e. The van der Waals surface area contributed by atoms with Crippen LogP contribution in [0.1, 0.15) is 167 Å². The third-order valence-electron chi connectivity index (χ3n) is 11.2. The van der Waals surface area contributed by atoms with Crippen molar-refractivity contribution in [1.29, 1.82) is 0 Å². The van der Waals surface area contributed by atoms with Crippen LogP contribution in [0.3, 0.4) is 0 Å². The molecule has 3 fully saturated rings. The molecule has 49 heavy (non-hydrogen) atoms. The predicted molar refractivity (Wildman–Crippen MR) is 211 cm³/mol. The van der Waals surface area contributed by atoms with E-state index in [4.69, 9.17) is 0 Å². The molecular weight excluding hydrogens is 597 g/mol. The largest absolute Gasteiger partial charge is 0.357 e. The Hall–Kier alpha value is -2.75. The van der Waals surface area contributed by atoms with E-state index in [0.29, 0.717) is 6.04 Å². The molecule has 0 atom stereocenters. The normalized spacial score (nSPS) is 17.8. The van der Waals surface area contributed by atoms with Gasteiger partial charge in [0.1, 0.15) is 5.82 Å². The van der Waals surface area contributed by atoms with Crippen molar-refractivity contribution < 1.29 is 0 Å². The zero-order valence-corrected chi connectivity index (χ0v) is 33.1. The molecule has 0 N–H and O–H groups in total. The molecule has 6 rings (SSSR count). The SMILES string of the molecule is CC(C)(C)c1ccnc(CC2CCCC2)c1.CC(C)(C)c1ccnc(CC2CCCCC2)c1.CN(c1cc(C(C)(C)C)ccn1)C1CCC1. The number of nitrogens with zero attached hydrogens (tertiary/aromatic N) is 4. The Kier molecular flexibility index (Phi) is 13.9. The molecule has 3 aromatic heterocycles. The number of aromatic nitrogens is 3. The first-order valence-electron chi connectivity index (χ1n) is 19.7. The molecule has 3 aliphatic carbocycles. The van der Waals surface area contributed by atoms with E-state index in [9.17, 15) is 0 Å². The van der Waals surface area contributed by atoms with Gasteiger partial charge in [0, 0.05) is 43.1 Å². The molecule has 4 heteroatoms. The average molecular weight is 667 g/mol. The molecule has 0 spiro atoms. The summed E-state index contributed by atoms with van der Waals surface area (Å²) in [4.78, 5) is 15.9. The fraction of sp³-hybridized carbons (Fsp3) is 0.667. The fourth-order valence-corrected chi connectivity index (χ4v) is 7.35. The van der Waals surface area contributed by atoms with Crippen molar-refractivity contribution in [2.24, 2.45) is 11.8 Å². The van der Waals surface area contributed by atoms with Crippen molar-refractivity contribution in [2.75, 3.05) is 11.9 Å². The van der Waals surface area contributed by atoms with Crippen LogP contribution in [0.25, 0.3) is 0 Å². The molecule has 0 saturated heterocycles. The standard InChI is InChI=1S/C16H25N.C15H23N.C14H22N2/c1-16(2,3)14-9-10-17-15(12-14)11-13-7-5-4-6-8-13;1-15(2,3)13-8-9-16-14(11-13)10-12-6-4-5-7-12;1-14(2,3)11-8-9-15-13(10-11)16(4)12-6-5-7-12/h9-10,12-13H,4-8,11H2,1-3H3;8-9,11-12H,4-7,10H2,1-3H3;8-10,12H,5-7H2,1-4H3. The van der Waals surface area contributed by atoms with E-state index < -0.39 is 0 Å². The van der Waals surface area contributed by atoms with Crippen molar-refractivity contribution in [3.05, 3.63) is 83.1 Å². The number of hydrogen-bond donors (Lipinski definition) is 0. The average Bonchev–Trinajstić information content (AvgIpc) is 3.54. The summed E-state index contributed by atoms with van der Waals surface area (Å²) >= 11 is 0. The zero-order valence-electron chi connectivity index (χ0n) is 33.1. The molecule has 0 aromatic carbocycles. The lowest BCUT2D eigenvalue weighted by molar-refractivity contribution is 0.354. The minimum Gasteiger partial charge on any atom is -0.357 e. The van der Waals surface area contributed by atoms with Crippen molar-refractivity contribution in [3.8, 4) is 0 Å². The van der Waals surface area contributed by atoms with Gasteiger partial charge in [0.15, 0.2) is 0 Å². The molecule has 0 radical (unpaired) electrons. The van der Waals surface area contributed by atoms with Gasteiger partial charge < -0.3 is 4.90 Å². The van der Waals surface area contributed by atoms with E-state index in [1.54, 1.807) is 0 Å². The summed E-state index contributed by atoms with van der Waals surface area (Å²) in [5.41, 5.74) is 7.47. The van der Waals surface area contributed by atoms with Gasteiger partial charge >= 0.3 is 0 Å². The van der Waals surface area contributed by atoms with Crippen LogP contribution in [0.15, 0.2) is 55.0 Å². The van der Waals surface area contributed by atoms with Crippen LogP contribution >= 0.6 is 0 Å². The van der Waals surface area contributed by atoms with Gasteiger partial charge in [-0.3, -0.25) is 9.97 Å². The maximum Gasteiger partial charge on any atom is 0.128 e. The van der Waals surface area contributed by atoms with Crippen molar-refractivity contribution >= 4 is 5.82 Å². The quantitative estimate of drug-likeness (QED) is 0.263. The Bertz CT molecular complexity index is 1410. The second-order valence-corrected chi connectivity index (χ2v) is 18.5. The molecule has 3 saturated carbocycles. The molecule has 3 heterocycles. The van der Waals surface area contributed by atoms with Crippen LogP contribution in [0.5, 0.6) is 0 Å². The maximum absolute atomic E-state index is 4.55. The van der Waals surface area contributed by atoms with Crippen LogP contribution in [0.4, 0.5) is 5.82 Å². The molecule has 0 aliphatic heterocycles. The summed E-state index contributed by atoms with van der Waals surface area (Å²) in [5, 5.41) is 0. The summed E-state index contributed by atoms with van der Waals surface area (Å²) in [6.45, 7) is 20.3. The fourth-order valence-electron chi connectivity index (χ4n) is 7.35. The summed E-state index contributed by atoms with van der Waals surface area (Å²) < 4.78 is 0. The van der Waals surface area contributed by atoms with E-state index in [-0.39, 0.29) is 16.2 Å². The minimum absolute atomic E-state index is 0.206. The van der Waals surface area contributed by atoms with Gasteiger partial charge in [-0.1, -0.05) is 120 Å². The van der Waals surface area contributed by atoms with Crippen molar-refractivity contribution in [1.82, 2.24) is 15.0 Å². The van der Waals surface area contributed by atoms with Gasteiger partial charge in [0.2, 0.25) is 0 Å². The Labute approximate surface area is 301 Å². The van der Waals surface area contributed by atoms with Gasteiger partial charge in [-0.2, -0.15) is 0 Å². The molecule has 270 valence electrons. The van der Waals surface area contributed by atoms with Crippen LogP contribution in [-0.4, -0.2) is 28.0 Å². The summed E-state index contributed by atoms with van der Waals surface area (Å²) in [6.07, 6.45) is 25.0. The molecular formula is C45H70N4. The molecule has 3 aliphatic rings. The van der Waals surface area contributed by atoms with Gasteiger partial charge in [0.25, 0.3) is 0 Å². The molecule has 3 aromatic rings. The second kappa shape index (κ2) is 17.5. The molecule has 0 bridgehead atoms. The third kappa shape index (κ3) is 12.5. The van der Waals surface area contributed by atoms with E-state index in [1.807, 2.05) is 18.6 Å². The van der Waals surface area contributed by atoms with Gasteiger partial charge in [-0.15, -0.1) is 0 Å². The van der Waals surface area contributed by atoms with Crippen molar-refractivity contribution in [3.63, 3.8) is 0 Å². The number of hydrogen-bond acceptors (Lipinski definition) is 4. The van der Waals surface area contributed by atoms with Crippen LogP contribution in [0, 0.1) is 11.8 Å². The first-order chi connectivity index (χ1) is 23.1. The molecule has 0 amide bonds. The summed E-state index contributed by atoms with van der Waals surface area (Å²) in [5.74, 6) is 2.89.